The fourth-order valence-corrected chi connectivity index (χ4v) is 7.96. The van der Waals surface area contributed by atoms with Gasteiger partial charge in [-0.15, -0.1) is 0 Å². The molecule has 2 nitrogen and oxygen atoms in total. The van der Waals surface area contributed by atoms with Crippen LogP contribution in [0.1, 0.15) is 71.6 Å². The van der Waals surface area contributed by atoms with Crippen LogP contribution in [-0.2, 0) is 4.79 Å². The van der Waals surface area contributed by atoms with Crippen molar-refractivity contribution in [3.63, 3.8) is 0 Å². The first-order valence-corrected chi connectivity index (χ1v) is 10.9. The molecule has 0 heterocycles. The monoisotopic (exact) mass is 342 g/mol. The van der Waals surface area contributed by atoms with E-state index in [0.29, 0.717) is 34.9 Å². The highest BCUT2D eigenvalue weighted by atomic mass is 16.3. The summed E-state index contributed by atoms with van der Waals surface area (Å²) in [7, 11) is 0. The Kier molecular flexibility index (Phi) is 3.76. The third-order valence-corrected chi connectivity index (χ3v) is 9.23. The van der Waals surface area contributed by atoms with Crippen LogP contribution in [0.25, 0.3) is 0 Å². The van der Waals surface area contributed by atoms with Gasteiger partial charge in [-0.3, -0.25) is 4.79 Å². The Bertz CT molecular complexity index is 603. The van der Waals surface area contributed by atoms with Gasteiger partial charge in [-0.05, 0) is 104 Å². The van der Waals surface area contributed by atoms with Crippen LogP contribution < -0.4 is 0 Å². The van der Waals surface area contributed by atoms with Gasteiger partial charge in [-0.1, -0.05) is 19.4 Å². The highest BCUT2D eigenvalue weighted by Crippen LogP contribution is 2.66. The number of aliphatic hydroxyl groups excluding tert-OH is 1. The first-order chi connectivity index (χ1) is 12.0. The van der Waals surface area contributed by atoms with Crippen LogP contribution in [0.4, 0.5) is 0 Å². The van der Waals surface area contributed by atoms with E-state index in [2.05, 4.69) is 13.8 Å². The Morgan fingerprint density at radius 1 is 1.16 bits per heavy atom. The second-order valence-electron chi connectivity index (χ2n) is 10.4. The largest absolute Gasteiger partial charge is 0.393 e. The second kappa shape index (κ2) is 5.68. The lowest BCUT2D eigenvalue weighted by atomic mass is 9.48. The van der Waals surface area contributed by atoms with Gasteiger partial charge in [0.05, 0.1) is 6.10 Å². The van der Waals surface area contributed by atoms with E-state index in [1.54, 1.807) is 0 Å². The van der Waals surface area contributed by atoms with Crippen LogP contribution in [0.15, 0.2) is 11.6 Å². The van der Waals surface area contributed by atoms with Crippen molar-refractivity contribution >= 4 is 5.78 Å². The van der Waals surface area contributed by atoms with Crippen LogP contribution in [0, 0.1) is 46.8 Å². The third-order valence-electron chi connectivity index (χ3n) is 9.23. The van der Waals surface area contributed by atoms with Crippen LogP contribution in [0.5, 0.6) is 0 Å². The zero-order valence-electron chi connectivity index (χ0n) is 15.9. The summed E-state index contributed by atoms with van der Waals surface area (Å²) >= 11 is 0. The van der Waals surface area contributed by atoms with Gasteiger partial charge >= 0.3 is 0 Å². The average Bonchev–Trinajstić information content (AvgIpc) is 3.36. The number of hydrogen-bond acceptors (Lipinski definition) is 2. The Balaban J connectivity index is 1.44. The molecule has 0 saturated heterocycles. The van der Waals surface area contributed by atoms with Crippen LogP contribution >= 0.6 is 0 Å². The molecule has 4 fully saturated rings. The maximum Gasteiger partial charge on any atom is 0.155 e. The van der Waals surface area contributed by atoms with Crippen molar-refractivity contribution in [3.05, 3.63) is 11.6 Å². The molecule has 0 unspecified atom stereocenters. The summed E-state index contributed by atoms with van der Waals surface area (Å²) in [6.07, 6.45) is 12.7. The number of carbonyl (C=O) groups excluding carboxylic acids is 1. The maximum atomic E-state index is 11.9. The Morgan fingerprint density at radius 2 is 1.96 bits per heavy atom. The first-order valence-electron chi connectivity index (χ1n) is 10.9. The molecule has 8 atom stereocenters. The van der Waals surface area contributed by atoms with Crippen molar-refractivity contribution in [1.82, 2.24) is 0 Å². The van der Waals surface area contributed by atoms with E-state index in [1.165, 1.54) is 44.1 Å². The number of hydrogen-bond donors (Lipinski definition) is 1. The molecule has 0 radical (unpaired) electrons. The van der Waals surface area contributed by atoms with E-state index in [1.807, 2.05) is 6.08 Å². The fourth-order valence-electron chi connectivity index (χ4n) is 7.96. The first kappa shape index (κ1) is 16.5. The molecule has 5 aliphatic rings. The highest BCUT2D eigenvalue weighted by molar-refractivity contribution is 5.91. The van der Waals surface area contributed by atoms with Gasteiger partial charge in [0.1, 0.15) is 0 Å². The van der Waals surface area contributed by atoms with Gasteiger partial charge in [0.2, 0.25) is 0 Å². The predicted molar refractivity (Wildman–Crippen MR) is 98.9 cm³/mol. The Hall–Kier alpha value is -0.630. The van der Waals surface area contributed by atoms with E-state index in [-0.39, 0.29) is 6.10 Å². The molecule has 0 bridgehead atoms. The number of ketones is 1. The molecule has 0 amide bonds. The molecule has 138 valence electrons. The topological polar surface area (TPSA) is 37.3 Å². The molecule has 0 aliphatic heterocycles. The second-order valence-corrected chi connectivity index (χ2v) is 10.4. The summed E-state index contributed by atoms with van der Waals surface area (Å²) in [6, 6.07) is 0. The fraction of sp³-hybridized carbons (Fsp3) is 0.870. The lowest BCUT2D eigenvalue weighted by Crippen LogP contribution is -2.50. The van der Waals surface area contributed by atoms with Crippen molar-refractivity contribution in [2.75, 3.05) is 0 Å². The molecule has 0 spiro atoms. The molecule has 0 aromatic heterocycles. The molecular formula is C23H34O2. The number of carbonyl (C=O) groups is 1. The molecular weight excluding hydrogens is 308 g/mol. The van der Waals surface area contributed by atoms with Gasteiger partial charge in [0, 0.05) is 6.42 Å². The quantitative estimate of drug-likeness (QED) is 0.785. The molecule has 5 aliphatic carbocycles. The van der Waals surface area contributed by atoms with E-state index >= 15 is 0 Å². The number of fused-ring (bicyclic) bond motifs is 5. The zero-order valence-corrected chi connectivity index (χ0v) is 15.9. The Labute approximate surface area is 152 Å². The highest BCUT2D eigenvalue weighted by Gasteiger charge is 2.59. The molecule has 2 heteroatoms. The van der Waals surface area contributed by atoms with E-state index in [4.69, 9.17) is 0 Å². The summed E-state index contributed by atoms with van der Waals surface area (Å²) in [5.74, 6) is 5.35. The summed E-state index contributed by atoms with van der Waals surface area (Å²) in [4.78, 5) is 11.9. The van der Waals surface area contributed by atoms with Gasteiger partial charge in [-0.2, -0.15) is 0 Å². The van der Waals surface area contributed by atoms with Gasteiger partial charge < -0.3 is 5.11 Å². The van der Waals surface area contributed by atoms with Crippen LogP contribution in [-0.4, -0.2) is 17.0 Å². The summed E-state index contributed by atoms with van der Waals surface area (Å²) < 4.78 is 0. The van der Waals surface area contributed by atoms with E-state index in [0.717, 1.165) is 37.0 Å². The van der Waals surface area contributed by atoms with Crippen molar-refractivity contribution in [1.29, 1.82) is 0 Å². The minimum atomic E-state index is -0.0341. The van der Waals surface area contributed by atoms with E-state index in [9.17, 15) is 9.90 Å². The number of rotatable bonds is 2. The summed E-state index contributed by atoms with van der Waals surface area (Å²) in [5, 5.41) is 10.9. The standard InChI is InChI=1S/C23H34O2/c1-13-11-15-12-16(24)5-6-17(15)18-9-10-23(2)19(21(13)18)7-8-20(23)22(25)14-3-4-14/h12-14,17-22,25H,3-11H2,1-2H3/t13-,17+,18-,19-,20-,21-,22+,23+/m1/s1. The molecule has 5 rings (SSSR count). The predicted octanol–water partition coefficient (Wildman–Crippen LogP) is 4.76. The molecule has 4 saturated carbocycles. The minimum Gasteiger partial charge on any atom is -0.393 e. The molecule has 0 aromatic rings. The van der Waals surface area contributed by atoms with Gasteiger partial charge in [0.25, 0.3) is 0 Å². The lowest BCUT2D eigenvalue weighted by molar-refractivity contribution is -0.116. The van der Waals surface area contributed by atoms with Crippen molar-refractivity contribution in [2.45, 2.75) is 77.7 Å². The summed E-state index contributed by atoms with van der Waals surface area (Å²) in [5.41, 5.74) is 1.85. The van der Waals surface area contributed by atoms with E-state index < -0.39 is 0 Å². The molecule has 25 heavy (non-hydrogen) atoms. The third kappa shape index (κ3) is 2.42. The maximum absolute atomic E-state index is 11.9. The normalized spacial score (nSPS) is 50.5. The number of allylic oxidation sites excluding steroid dienone is 1. The Morgan fingerprint density at radius 3 is 2.72 bits per heavy atom. The van der Waals surface area contributed by atoms with Crippen LogP contribution in [0.3, 0.4) is 0 Å². The minimum absolute atomic E-state index is 0.0341. The summed E-state index contributed by atoms with van der Waals surface area (Å²) in [6.45, 7) is 4.98. The molecule has 0 aromatic carbocycles. The molecule has 1 N–H and O–H groups in total. The van der Waals surface area contributed by atoms with Gasteiger partial charge in [0.15, 0.2) is 5.78 Å². The van der Waals surface area contributed by atoms with Crippen LogP contribution in [0.2, 0.25) is 0 Å². The SMILES string of the molecule is C[C@@H]1CC2=CC(=O)CC[C@@H]2[C@H]2CC[C@@]3(C)[C@H](CC[C@@H]3[C@@H](O)C3CC3)[C@@H]21. The lowest BCUT2D eigenvalue weighted by Gasteiger charge is -2.56. The van der Waals surface area contributed by atoms with Crippen molar-refractivity contribution < 1.29 is 9.90 Å². The van der Waals surface area contributed by atoms with Gasteiger partial charge in [-0.25, -0.2) is 0 Å². The number of aliphatic hydroxyl groups is 1. The van der Waals surface area contributed by atoms with Crippen molar-refractivity contribution in [3.8, 4) is 0 Å². The average molecular weight is 343 g/mol. The smallest absolute Gasteiger partial charge is 0.155 e. The van der Waals surface area contributed by atoms with Crippen molar-refractivity contribution in [2.24, 2.45) is 46.8 Å². The zero-order chi connectivity index (χ0) is 17.3.